The third-order valence-corrected chi connectivity index (χ3v) is 2.93. The van der Waals surface area contributed by atoms with Crippen LogP contribution in [0.15, 0.2) is 18.2 Å². The topological polar surface area (TPSA) is 90.0 Å². The number of amides is 3. The zero-order valence-electron chi connectivity index (χ0n) is 12.5. The third kappa shape index (κ3) is 4.48. The van der Waals surface area contributed by atoms with E-state index < -0.39 is 12.0 Å². The molecule has 0 saturated heterocycles. The van der Waals surface area contributed by atoms with Crippen LogP contribution in [0.1, 0.15) is 15.9 Å². The largest absolute Gasteiger partial charge is 0.478 e. The summed E-state index contributed by atoms with van der Waals surface area (Å²) in [6.07, 6.45) is 0. The maximum atomic E-state index is 11.9. The fourth-order valence-corrected chi connectivity index (χ4v) is 1.62. The van der Waals surface area contributed by atoms with Gasteiger partial charge in [0.15, 0.2) is 0 Å². The highest BCUT2D eigenvalue weighted by Crippen LogP contribution is 2.15. The van der Waals surface area contributed by atoms with Crippen LogP contribution in [-0.4, -0.2) is 60.5 Å². The van der Waals surface area contributed by atoms with Crippen molar-refractivity contribution in [1.82, 2.24) is 9.80 Å². The molecule has 0 radical (unpaired) electrons. The molecule has 1 aromatic carbocycles. The van der Waals surface area contributed by atoms with Crippen molar-refractivity contribution in [2.75, 3.05) is 33.0 Å². The molecule has 114 valence electrons. The normalized spacial score (nSPS) is 9.90. The Bertz CT molecular complexity index is 569. The molecule has 3 amide bonds. The van der Waals surface area contributed by atoms with E-state index in [1.165, 1.54) is 29.0 Å². The number of nitrogens with zero attached hydrogens (tertiary/aromatic N) is 2. The average molecular weight is 293 g/mol. The van der Waals surface area contributed by atoms with Crippen molar-refractivity contribution in [1.29, 1.82) is 0 Å². The zero-order chi connectivity index (χ0) is 16.2. The summed E-state index contributed by atoms with van der Waals surface area (Å²) in [7, 11) is 4.74. The van der Waals surface area contributed by atoms with Gasteiger partial charge in [-0.2, -0.15) is 0 Å². The highest BCUT2D eigenvalue weighted by molar-refractivity contribution is 5.94. The van der Waals surface area contributed by atoms with Gasteiger partial charge in [0.2, 0.25) is 5.91 Å². The van der Waals surface area contributed by atoms with Crippen LogP contribution in [0.5, 0.6) is 0 Å². The lowest BCUT2D eigenvalue weighted by atomic mass is 10.1. The molecule has 0 aliphatic rings. The minimum absolute atomic E-state index is 0.0367. The molecule has 1 aromatic rings. The summed E-state index contributed by atoms with van der Waals surface area (Å²) in [4.78, 5) is 37.0. The Labute approximate surface area is 123 Å². The summed E-state index contributed by atoms with van der Waals surface area (Å²) in [6.45, 7) is 1.61. The number of hydrogen-bond acceptors (Lipinski definition) is 3. The third-order valence-electron chi connectivity index (χ3n) is 2.93. The van der Waals surface area contributed by atoms with Gasteiger partial charge in [0.05, 0.1) is 5.56 Å². The Morgan fingerprint density at radius 3 is 2.29 bits per heavy atom. The van der Waals surface area contributed by atoms with Crippen molar-refractivity contribution in [2.45, 2.75) is 6.92 Å². The number of urea groups is 1. The van der Waals surface area contributed by atoms with E-state index in [-0.39, 0.29) is 18.0 Å². The molecule has 0 atom stereocenters. The van der Waals surface area contributed by atoms with Crippen molar-refractivity contribution < 1.29 is 19.5 Å². The van der Waals surface area contributed by atoms with E-state index >= 15 is 0 Å². The number of likely N-dealkylation sites (N-methyl/N-ethyl adjacent to an activating group) is 2. The van der Waals surface area contributed by atoms with Crippen LogP contribution in [-0.2, 0) is 4.79 Å². The standard InChI is InChI=1S/C14H19N3O4/c1-9-7-10(5-6-11(9)13(19)20)15-14(21)17(4)8-12(18)16(2)3/h5-7H,8H2,1-4H3,(H,15,21)(H,19,20). The number of hydrogen-bond donors (Lipinski definition) is 2. The number of carbonyl (C=O) groups excluding carboxylic acids is 2. The summed E-state index contributed by atoms with van der Waals surface area (Å²) in [5.74, 6) is -1.20. The van der Waals surface area contributed by atoms with Crippen LogP contribution < -0.4 is 5.32 Å². The summed E-state index contributed by atoms with van der Waals surface area (Å²) < 4.78 is 0. The molecule has 21 heavy (non-hydrogen) atoms. The molecule has 0 heterocycles. The van der Waals surface area contributed by atoms with Gasteiger partial charge >= 0.3 is 12.0 Å². The number of rotatable bonds is 4. The second-order valence-electron chi connectivity index (χ2n) is 4.91. The van der Waals surface area contributed by atoms with E-state index in [2.05, 4.69) is 5.32 Å². The predicted octanol–water partition coefficient (Wildman–Crippen LogP) is 1.25. The summed E-state index contributed by atoms with van der Waals surface area (Å²) in [5.41, 5.74) is 1.21. The molecular weight excluding hydrogens is 274 g/mol. The zero-order valence-corrected chi connectivity index (χ0v) is 12.5. The van der Waals surface area contributed by atoms with Gasteiger partial charge in [0.1, 0.15) is 6.54 Å². The van der Waals surface area contributed by atoms with Crippen LogP contribution >= 0.6 is 0 Å². The van der Waals surface area contributed by atoms with Gasteiger partial charge in [-0.15, -0.1) is 0 Å². The Morgan fingerprint density at radius 2 is 1.81 bits per heavy atom. The lowest BCUT2D eigenvalue weighted by Gasteiger charge is -2.20. The lowest BCUT2D eigenvalue weighted by molar-refractivity contribution is -0.129. The van der Waals surface area contributed by atoms with Gasteiger partial charge in [-0.1, -0.05) is 0 Å². The molecule has 0 bridgehead atoms. The van der Waals surface area contributed by atoms with E-state index in [0.717, 1.165) is 0 Å². The predicted molar refractivity (Wildman–Crippen MR) is 78.5 cm³/mol. The summed E-state index contributed by atoms with van der Waals surface area (Å²) in [5, 5.41) is 11.6. The van der Waals surface area contributed by atoms with Crippen molar-refractivity contribution in [3.05, 3.63) is 29.3 Å². The van der Waals surface area contributed by atoms with Crippen LogP contribution in [0.3, 0.4) is 0 Å². The molecule has 0 aromatic heterocycles. The first kappa shape index (κ1) is 16.5. The lowest BCUT2D eigenvalue weighted by Crippen LogP contribution is -2.39. The first-order valence-electron chi connectivity index (χ1n) is 6.28. The minimum Gasteiger partial charge on any atom is -0.478 e. The van der Waals surface area contributed by atoms with Crippen molar-refractivity contribution >= 4 is 23.6 Å². The monoisotopic (exact) mass is 293 g/mol. The molecule has 0 fully saturated rings. The van der Waals surface area contributed by atoms with Crippen molar-refractivity contribution in [2.24, 2.45) is 0 Å². The van der Waals surface area contributed by atoms with Gasteiger partial charge < -0.3 is 20.2 Å². The Balaban J connectivity index is 2.73. The number of aromatic carboxylic acids is 1. The van der Waals surface area contributed by atoms with E-state index in [0.29, 0.717) is 11.3 Å². The van der Waals surface area contributed by atoms with Crippen molar-refractivity contribution in [3.8, 4) is 0 Å². The molecule has 0 unspecified atom stereocenters. The van der Waals surface area contributed by atoms with E-state index in [1.54, 1.807) is 27.1 Å². The Kier molecular flexibility index (Phi) is 5.29. The Hall–Kier alpha value is -2.57. The molecule has 0 aliphatic heterocycles. The second-order valence-corrected chi connectivity index (χ2v) is 4.91. The van der Waals surface area contributed by atoms with Gasteiger partial charge in [-0.3, -0.25) is 4.79 Å². The van der Waals surface area contributed by atoms with E-state index in [9.17, 15) is 14.4 Å². The Morgan fingerprint density at radius 1 is 1.19 bits per heavy atom. The number of benzene rings is 1. The first-order chi connectivity index (χ1) is 9.72. The van der Waals surface area contributed by atoms with Crippen molar-refractivity contribution in [3.63, 3.8) is 0 Å². The average Bonchev–Trinajstić information content (AvgIpc) is 2.37. The molecule has 0 saturated carbocycles. The molecular formula is C14H19N3O4. The fourth-order valence-electron chi connectivity index (χ4n) is 1.62. The van der Waals surface area contributed by atoms with Crippen LogP contribution in [0, 0.1) is 6.92 Å². The smallest absolute Gasteiger partial charge is 0.335 e. The molecule has 1 rings (SSSR count). The van der Waals surface area contributed by atoms with Crippen LogP contribution in [0.25, 0.3) is 0 Å². The molecule has 0 aliphatic carbocycles. The quantitative estimate of drug-likeness (QED) is 0.874. The highest BCUT2D eigenvalue weighted by atomic mass is 16.4. The fraction of sp³-hybridized carbons (Fsp3) is 0.357. The van der Waals surface area contributed by atoms with Gasteiger partial charge in [0, 0.05) is 26.8 Å². The number of anilines is 1. The summed E-state index contributed by atoms with van der Waals surface area (Å²) >= 11 is 0. The van der Waals surface area contributed by atoms with E-state index in [1.807, 2.05) is 0 Å². The van der Waals surface area contributed by atoms with Crippen LogP contribution in [0.4, 0.5) is 10.5 Å². The summed E-state index contributed by atoms with van der Waals surface area (Å²) in [6, 6.07) is 4.07. The number of nitrogens with one attached hydrogen (secondary N) is 1. The first-order valence-corrected chi connectivity index (χ1v) is 6.28. The number of aryl methyl sites for hydroxylation is 1. The minimum atomic E-state index is -1.01. The molecule has 0 spiro atoms. The highest BCUT2D eigenvalue weighted by Gasteiger charge is 2.15. The number of carboxylic acids is 1. The number of carboxylic acid groups (broad SMARTS) is 1. The van der Waals surface area contributed by atoms with Crippen LogP contribution in [0.2, 0.25) is 0 Å². The number of carbonyl (C=O) groups is 3. The molecule has 7 nitrogen and oxygen atoms in total. The van der Waals surface area contributed by atoms with Gasteiger partial charge in [-0.05, 0) is 30.7 Å². The van der Waals surface area contributed by atoms with Gasteiger partial charge in [0.25, 0.3) is 0 Å². The van der Waals surface area contributed by atoms with E-state index in [4.69, 9.17) is 5.11 Å². The maximum absolute atomic E-state index is 11.9. The molecule has 2 N–H and O–H groups in total. The second kappa shape index (κ2) is 6.74. The molecule has 7 heteroatoms. The maximum Gasteiger partial charge on any atom is 0.335 e. The van der Waals surface area contributed by atoms with Gasteiger partial charge in [-0.25, -0.2) is 9.59 Å². The SMILES string of the molecule is Cc1cc(NC(=O)N(C)CC(=O)N(C)C)ccc1C(=O)O.